The van der Waals surface area contributed by atoms with Gasteiger partial charge in [-0.3, -0.25) is 14.4 Å². The van der Waals surface area contributed by atoms with Crippen molar-refractivity contribution in [1.82, 2.24) is 15.3 Å². The van der Waals surface area contributed by atoms with Gasteiger partial charge in [-0.15, -0.1) is 0 Å². The molecule has 0 spiro atoms. The van der Waals surface area contributed by atoms with Crippen molar-refractivity contribution in [2.75, 3.05) is 24.5 Å². The number of rotatable bonds is 4. The molecular formula is C17H17F3N4O3S. The highest BCUT2D eigenvalue weighted by Crippen LogP contribution is 2.30. The van der Waals surface area contributed by atoms with Crippen LogP contribution >= 0.6 is 11.8 Å². The molecule has 11 heteroatoms. The molecule has 0 aromatic carbocycles. The number of Topliss-reactive ketones (excluding diaryl/α,β-unsaturated/α-hetero) is 1. The van der Waals surface area contributed by atoms with Crippen LogP contribution in [0.1, 0.15) is 25.0 Å². The van der Waals surface area contributed by atoms with Crippen LogP contribution in [0.25, 0.3) is 6.08 Å². The normalized spacial score (nSPS) is 20.1. The second-order valence-electron chi connectivity index (χ2n) is 6.50. The molecule has 1 aromatic heterocycles. The van der Waals surface area contributed by atoms with E-state index in [4.69, 9.17) is 0 Å². The van der Waals surface area contributed by atoms with Crippen LogP contribution in [-0.2, 0) is 14.4 Å². The number of anilines is 1. The van der Waals surface area contributed by atoms with Crippen molar-refractivity contribution in [1.29, 1.82) is 0 Å². The van der Waals surface area contributed by atoms with Gasteiger partial charge >= 0.3 is 12.1 Å². The van der Waals surface area contributed by atoms with Gasteiger partial charge in [0, 0.05) is 25.8 Å². The Labute approximate surface area is 162 Å². The summed E-state index contributed by atoms with van der Waals surface area (Å²) in [6.45, 7) is 1.06. The molecule has 0 saturated carbocycles. The van der Waals surface area contributed by atoms with Gasteiger partial charge in [0.1, 0.15) is 0 Å². The van der Waals surface area contributed by atoms with Gasteiger partial charge in [-0.2, -0.15) is 13.2 Å². The summed E-state index contributed by atoms with van der Waals surface area (Å²) in [7, 11) is 0. The first-order valence-electron chi connectivity index (χ1n) is 8.61. The maximum atomic E-state index is 12.2. The molecular weight excluding hydrogens is 397 g/mol. The quantitative estimate of drug-likeness (QED) is 0.595. The van der Waals surface area contributed by atoms with Gasteiger partial charge < -0.3 is 10.2 Å². The Morgan fingerprint density at radius 2 is 2.04 bits per heavy atom. The molecule has 150 valence electrons. The van der Waals surface area contributed by atoms with Crippen molar-refractivity contribution < 1.29 is 27.6 Å². The summed E-state index contributed by atoms with van der Waals surface area (Å²) in [5.41, 5.74) is 0.509. The minimum Gasteiger partial charge on any atom is -0.348 e. The van der Waals surface area contributed by atoms with Gasteiger partial charge in [0.2, 0.25) is 11.1 Å². The minimum atomic E-state index is -4.87. The first-order chi connectivity index (χ1) is 13.2. The number of piperidine rings is 1. The molecule has 0 atom stereocenters. The lowest BCUT2D eigenvalue weighted by molar-refractivity contribution is -0.173. The van der Waals surface area contributed by atoms with Crippen molar-refractivity contribution in [2.24, 2.45) is 5.92 Å². The predicted octanol–water partition coefficient (Wildman–Crippen LogP) is 1.94. The molecule has 0 bridgehead atoms. The molecule has 0 aliphatic carbocycles. The lowest BCUT2D eigenvalue weighted by atomic mass is 9.97. The molecule has 2 aliphatic rings. The van der Waals surface area contributed by atoms with Crippen molar-refractivity contribution in [3.05, 3.63) is 22.9 Å². The third-order valence-electron chi connectivity index (χ3n) is 4.45. The van der Waals surface area contributed by atoms with Gasteiger partial charge in [-0.1, -0.05) is 0 Å². The number of carbonyl (C=O) groups is 3. The van der Waals surface area contributed by atoms with E-state index in [9.17, 15) is 27.6 Å². The second kappa shape index (κ2) is 8.29. The maximum Gasteiger partial charge on any atom is 0.471 e. The summed E-state index contributed by atoms with van der Waals surface area (Å²) in [6, 6.07) is 1.63. The Balaban J connectivity index is 1.56. The lowest BCUT2D eigenvalue weighted by Gasteiger charge is -2.32. The highest BCUT2D eigenvalue weighted by atomic mass is 32.2. The zero-order chi connectivity index (χ0) is 20.3. The molecule has 0 unspecified atom stereocenters. The summed E-state index contributed by atoms with van der Waals surface area (Å²) < 4.78 is 36.7. The van der Waals surface area contributed by atoms with Crippen LogP contribution in [-0.4, -0.2) is 52.6 Å². The number of thioether (sulfide) groups is 1. The van der Waals surface area contributed by atoms with E-state index in [1.807, 2.05) is 10.2 Å². The number of amides is 1. The number of hydrogen-bond acceptors (Lipinski definition) is 7. The molecule has 1 N–H and O–H groups in total. The Hall–Kier alpha value is -2.43. The summed E-state index contributed by atoms with van der Waals surface area (Å²) >= 11 is 0.904. The van der Waals surface area contributed by atoms with Crippen LogP contribution in [0.5, 0.6) is 0 Å². The van der Waals surface area contributed by atoms with E-state index in [1.165, 1.54) is 0 Å². The number of nitrogens with one attached hydrogen (secondary N) is 1. The second-order valence-corrected chi connectivity index (χ2v) is 7.60. The minimum absolute atomic E-state index is 0.0213. The fourth-order valence-corrected chi connectivity index (χ4v) is 3.76. The number of alkyl halides is 3. The monoisotopic (exact) mass is 414 g/mol. The van der Waals surface area contributed by atoms with Crippen molar-refractivity contribution in [3.63, 3.8) is 0 Å². The fraction of sp³-hybridized carbons (Fsp3) is 0.471. The first kappa shape index (κ1) is 20.3. The number of nitrogens with zero attached hydrogens (tertiary/aromatic N) is 3. The van der Waals surface area contributed by atoms with Gasteiger partial charge in [-0.05, 0) is 42.7 Å². The van der Waals surface area contributed by atoms with Crippen LogP contribution in [0, 0.1) is 5.92 Å². The summed E-state index contributed by atoms with van der Waals surface area (Å²) in [5.74, 6) is -1.74. The van der Waals surface area contributed by atoms with Crippen LogP contribution in [0.15, 0.2) is 17.2 Å². The highest BCUT2D eigenvalue weighted by Gasteiger charge is 2.38. The Bertz CT molecular complexity index is 820. The zero-order valence-corrected chi connectivity index (χ0v) is 15.5. The van der Waals surface area contributed by atoms with E-state index in [0.29, 0.717) is 42.5 Å². The Kier molecular flexibility index (Phi) is 6.01. The van der Waals surface area contributed by atoms with Gasteiger partial charge in [0.05, 0.1) is 17.0 Å². The third kappa shape index (κ3) is 5.09. The van der Waals surface area contributed by atoms with E-state index in [-0.39, 0.29) is 29.8 Å². The number of hydrogen-bond donors (Lipinski definition) is 1. The van der Waals surface area contributed by atoms with Crippen molar-refractivity contribution in [2.45, 2.75) is 25.4 Å². The molecule has 3 heterocycles. The molecule has 28 heavy (non-hydrogen) atoms. The first-order valence-corrected chi connectivity index (χ1v) is 9.42. The smallest absolute Gasteiger partial charge is 0.348 e. The molecule has 7 nitrogen and oxygen atoms in total. The van der Waals surface area contributed by atoms with E-state index < -0.39 is 12.1 Å². The largest absolute Gasteiger partial charge is 0.471 e. The molecule has 2 fully saturated rings. The summed E-state index contributed by atoms with van der Waals surface area (Å²) in [4.78, 5) is 44.8. The van der Waals surface area contributed by atoms with Crippen molar-refractivity contribution in [3.8, 4) is 0 Å². The molecule has 1 amide bonds. The SMILES string of the molecule is O=C1CC(=O)/C(=C/c2ccnc(N3CCC(CNC(=O)C(F)(F)F)CC3)n2)S1. The maximum absolute atomic E-state index is 12.2. The highest BCUT2D eigenvalue weighted by molar-refractivity contribution is 8.18. The van der Waals surface area contributed by atoms with E-state index >= 15 is 0 Å². The summed E-state index contributed by atoms with van der Waals surface area (Å²) in [6.07, 6.45) is -0.677. The Morgan fingerprint density at radius 3 is 2.64 bits per heavy atom. The van der Waals surface area contributed by atoms with E-state index in [1.54, 1.807) is 18.3 Å². The number of halogens is 3. The number of ketones is 1. The lowest BCUT2D eigenvalue weighted by Crippen LogP contribution is -2.43. The topological polar surface area (TPSA) is 92.3 Å². The third-order valence-corrected chi connectivity index (χ3v) is 5.39. The predicted molar refractivity (Wildman–Crippen MR) is 96.2 cm³/mol. The number of carbonyl (C=O) groups excluding carboxylic acids is 3. The Morgan fingerprint density at radius 1 is 1.32 bits per heavy atom. The fourth-order valence-electron chi connectivity index (χ4n) is 2.95. The van der Waals surface area contributed by atoms with Crippen LogP contribution in [0.3, 0.4) is 0 Å². The van der Waals surface area contributed by atoms with Crippen LogP contribution in [0.4, 0.5) is 19.1 Å². The van der Waals surface area contributed by atoms with E-state index in [0.717, 1.165) is 11.8 Å². The standard InChI is InChI=1S/C17H17F3N4O3S/c18-17(19,20)15(27)22-9-10-2-5-24(6-3-10)16-21-4-1-11(23-16)7-13-12(25)8-14(26)28-13/h1,4,7,10H,2-3,5-6,8-9H2,(H,22,27)/b13-7-. The molecule has 2 aliphatic heterocycles. The van der Waals surface area contributed by atoms with Crippen LogP contribution in [0.2, 0.25) is 0 Å². The van der Waals surface area contributed by atoms with Crippen LogP contribution < -0.4 is 10.2 Å². The molecule has 1 aromatic rings. The molecule has 3 rings (SSSR count). The van der Waals surface area contributed by atoms with Gasteiger partial charge in [0.25, 0.3) is 0 Å². The van der Waals surface area contributed by atoms with Crippen molar-refractivity contribution >= 4 is 40.6 Å². The summed E-state index contributed by atoms with van der Waals surface area (Å²) in [5, 5.41) is 1.73. The van der Waals surface area contributed by atoms with E-state index in [2.05, 4.69) is 9.97 Å². The number of aromatic nitrogens is 2. The molecule has 2 saturated heterocycles. The number of allylic oxidation sites excluding steroid dienone is 1. The van der Waals surface area contributed by atoms with Gasteiger partial charge in [0.15, 0.2) is 5.78 Å². The van der Waals surface area contributed by atoms with Gasteiger partial charge in [-0.25, -0.2) is 9.97 Å². The average Bonchev–Trinajstić information content (AvgIpc) is 2.96. The zero-order valence-electron chi connectivity index (χ0n) is 14.7. The molecule has 0 radical (unpaired) electrons. The average molecular weight is 414 g/mol.